The third-order valence-electron chi connectivity index (χ3n) is 5.62. The fourth-order valence-corrected chi connectivity index (χ4v) is 4.26. The third kappa shape index (κ3) is 2.81. The van der Waals surface area contributed by atoms with Crippen molar-refractivity contribution in [1.29, 1.82) is 0 Å². The molecule has 1 aliphatic carbocycles. The van der Waals surface area contributed by atoms with Crippen LogP contribution >= 0.6 is 0 Å². The summed E-state index contributed by atoms with van der Waals surface area (Å²) in [4.78, 5) is 4.90. The molecular formula is C23H23N3O. The van der Waals surface area contributed by atoms with Crippen LogP contribution in [0.4, 0.5) is 5.82 Å². The zero-order valence-corrected chi connectivity index (χ0v) is 15.2. The second kappa shape index (κ2) is 6.62. The highest BCUT2D eigenvalue weighted by atomic mass is 16.3. The van der Waals surface area contributed by atoms with Gasteiger partial charge in [0.05, 0.1) is 5.56 Å². The summed E-state index contributed by atoms with van der Waals surface area (Å²) in [7, 11) is 0. The van der Waals surface area contributed by atoms with Gasteiger partial charge in [0, 0.05) is 12.2 Å². The van der Waals surface area contributed by atoms with E-state index in [1.54, 1.807) is 6.07 Å². The number of pyridine rings is 1. The topological polar surface area (TPSA) is 49.6 Å². The highest BCUT2D eigenvalue weighted by molar-refractivity contribution is 6.01. The Labute approximate surface area is 158 Å². The predicted molar refractivity (Wildman–Crippen MR) is 110 cm³/mol. The van der Waals surface area contributed by atoms with E-state index in [1.165, 1.54) is 32.1 Å². The number of nitrogens with one attached hydrogen (secondary N) is 1. The van der Waals surface area contributed by atoms with Crippen LogP contribution in [-0.2, 0) is 0 Å². The van der Waals surface area contributed by atoms with Gasteiger partial charge >= 0.3 is 0 Å². The third-order valence-corrected chi connectivity index (χ3v) is 5.62. The van der Waals surface area contributed by atoms with Crippen molar-refractivity contribution in [3.8, 4) is 17.0 Å². The lowest BCUT2D eigenvalue weighted by Crippen LogP contribution is -2.23. The highest BCUT2D eigenvalue weighted by Crippen LogP contribution is 2.40. The Hall–Kier alpha value is -3.01. The number of nitrogens with zero attached hydrogens (tertiary/aromatic N) is 2. The van der Waals surface area contributed by atoms with Crippen LogP contribution in [-0.4, -0.2) is 20.5 Å². The fraction of sp³-hybridized carbons (Fsp3) is 0.261. The van der Waals surface area contributed by atoms with Crippen LogP contribution in [0.3, 0.4) is 0 Å². The van der Waals surface area contributed by atoms with Gasteiger partial charge in [0.2, 0.25) is 0 Å². The molecule has 0 spiro atoms. The first-order chi connectivity index (χ1) is 13.3. The van der Waals surface area contributed by atoms with Crippen molar-refractivity contribution in [2.75, 3.05) is 5.32 Å². The second-order valence-corrected chi connectivity index (χ2v) is 7.40. The average Bonchev–Trinajstić information content (AvgIpc) is 3.07. The van der Waals surface area contributed by atoms with Crippen LogP contribution in [0.2, 0.25) is 0 Å². The lowest BCUT2D eigenvalue weighted by atomic mass is 9.95. The zero-order chi connectivity index (χ0) is 18.2. The molecule has 5 rings (SSSR count). The minimum absolute atomic E-state index is 0.267. The number of hydrogen-bond donors (Lipinski definition) is 2. The minimum Gasteiger partial charge on any atom is -0.507 e. The Morgan fingerprint density at radius 2 is 1.74 bits per heavy atom. The van der Waals surface area contributed by atoms with Crippen molar-refractivity contribution in [2.45, 2.75) is 38.1 Å². The van der Waals surface area contributed by atoms with Crippen LogP contribution < -0.4 is 5.32 Å². The molecule has 27 heavy (non-hydrogen) atoms. The molecule has 2 aromatic heterocycles. The predicted octanol–water partition coefficient (Wildman–Crippen LogP) is 5.60. The highest BCUT2D eigenvalue weighted by Gasteiger charge is 2.22. The maximum absolute atomic E-state index is 10.7. The zero-order valence-electron chi connectivity index (χ0n) is 15.2. The maximum atomic E-state index is 10.7. The van der Waals surface area contributed by atoms with E-state index in [0.29, 0.717) is 6.04 Å². The number of hydrogen-bond acceptors (Lipinski definition) is 3. The van der Waals surface area contributed by atoms with Gasteiger partial charge in [0.1, 0.15) is 22.9 Å². The molecule has 0 aliphatic heterocycles. The Kier molecular flexibility index (Phi) is 3.97. The van der Waals surface area contributed by atoms with Crippen LogP contribution in [0, 0.1) is 0 Å². The molecule has 2 heterocycles. The van der Waals surface area contributed by atoms with Crippen LogP contribution in [0.5, 0.6) is 5.75 Å². The van der Waals surface area contributed by atoms with Crippen molar-refractivity contribution in [1.82, 2.24) is 9.38 Å². The van der Waals surface area contributed by atoms with Crippen molar-refractivity contribution < 1.29 is 5.11 Å². The minimum atomic E-state index is 0.267. The summed E-state index contributed by atoms with van der Waals surface area (Å²) >= 11 is 0. The molecule has 0 amide bonds. The number of imidazole rings is 1. The van der Waals surface area contributed by atoms with E-state index in [2.05, 4.69) is 21.9 Å². The van der Waals surface area contributed by atoms with Gasteiger partial charge in [-0.25, -0.2) is 4.98 Å². The number of benzene rings is 2. The van der Waals surface area contributed by atoms with E-state index in [0.717, 1.165) is 33.5 Å². The van der Waals surface area contributed by atoms with Gasteiger partial charge in [-0.3, -0.25) is 4.40 Å². The molecule has 2 aromatic carbocycles. The lowest BCUT2D eigenvalue weighted by molar-refractivity contribution is 0.461. The largest absolute Gasteiger partial charge is 0.507 e. The molecule has 2 N–H and O–H groups in total. The summed E-state index contributed by atoms with van der Waals surface area (Å²) in [6.07, 6.45) is 8.26. The number of aromatic nitrogens is 2. The Morgan fingerprint density at radius 3 is 2.63 bits per heavy atom. The van der Waals surface area contributed by atoms with Gasteiger partial charge < -0.3 is 10.4 Å². The summed E-state index contributed by atoms with van der Waals surface area (Å²) in [6, 6.07) is 18.4. The molecule has 0 unspecified atom stereocenters. The number of anilines is 1. The van der Waals surface area contributed by atoms with Crippen LogP contribution in [0.1, 0.15) is 32.1 Å². The summed E-state index contributed by atoms with van der Waals surface area (Å²) in [5.41, 5.74) is 2.51. The van der Waals surface area contributed by atoms with E-state index in [1.807, 2.05) is 42.6 Å². The van der Waals surface area contributed by atoms with Gasteiger partial charge in [-0.1, -0.05) is 55.7 Å². The summed E-state index contributed by atoms with van der Waals surface area (Å²) in [5.74, 6) is 1.24. The molecule has 0 saturated heterocycles. The standard InChI is InChI=1S/C23H23N3O/c27-19-14-13-16-8-4-5-11-18(16)21(19)22-23(24-17-9-2-1-3-10-17)26-15-7-6-12-20(26)25-22/h4-8,11-15,17,24,27H,1-3,9-10H2. The number of phenolic OH excluding ortho intramolecular Hbond substituents is 1. The van der Waals surface area contributed by atoms with Gasteiger partial charge in [0.15, 0.2) is 0 Å². The summed E-state index contributed by atoms with van der Waals surface area (Å²) in [6.45, 7) is 0. The van der Waals surface area contributed by atoms with Gasteiger partial charge in [-0.05, 0) is 41.8 Å². The number of phenols is 1. The molecule has 0 radical (unpaired) electrons. The molecule has 4 aromatic rings. The van der Waals surface area contributed by atoms with Crippen molar-refractivity contribution in [3.05, 3.63) is 60.8 Å². The summed E-state index contributed by atoms with van der Waals surface area (Å²) in [5, 5.41) is 16.6. The first-order valence-electron chi connectivity index (χ1n) is 9.76. The molecular weight excluding hydrogens is 334 g/mol. The average molecular weight is 357 g/mol. The van der Waals surface area contributed by atoms with Crippen LogP contribution in [0.15, 0.2) is 60.8 Å². The molecule has 1 saturated carbocycles. The van der Waals surface area contributed by atoms with E-state index in [4.69, 9.17) is 4.98 Å². The van der Waals surface area contributed by atoms with Crippen molar-refractivity contribution in [2.24, 2.45) is 0 Å². The molecule has 1 aliphatic rings. The Balaban J connectivity index is 1.74. The van der Waals surface area contributed by atoms with Gasteiger partial charge in [0.25, 0.3) is 0 Å². The monoisotopic (exact) mass is 357 g/mol. The SMILES string of the molecule is Oc1ccc2ccccc2c1-c1nc2ccccn2c1NC1CCCCC1. The normalized spacial score (nSPS) is 15.4. The molecule has 0 bridgehead atoms. The van der Waals surface area contributed by atoms with E-state index < -0.39 is 0 Å². The Morgan fingerprint density at radius 1 is 0.926 bits per heavy atom. The van der Waals surface area contributed by atoms with Crippen molar-refractivity contribution in [3.63, 3.8) is 0 Å². The van der Waals surface area contributed by atoms with Crippen molar-refractivity contribution >= 4 is 22.2 Å². The van der Waals surface area contributed by atoms with Gasteiger partial charge in [-0.15, -0.1) is 0 Å². The number of rotatable bonds is 3. The first-order valence-corrected chi connectivity index (χ1v) is 9.76. The maximum Gasteiger partial charge on any atom is 0.139 e. The number of fused-ring (bicyclic) bond motifs is 2. The van der Waals surface area contributed by atoms with Gasteiger partial charge in [-0.2, -0.15) is 0 Å². The Bertz CT molecular complexity index is 1110. The molecule has 4 nitrogen and oxygen atoms in total. The smallest absolute Gasteiger partial charge is 0.139 e. The first kappa shape index (κ1) is 16.2. The molecule has 4 heteroatoms. The van der Waals surface area contributed by atoms with Crippen LogP contribution in [0.25, 0.3) is 27.7 Å². The van der Waals surface area contributed by atoms with E-state index in [9.17, 15) is 5.11 Å². The molecule has 1 fully saturated rings. The number of aromatic hydroxyl groups is 1. The molecule has 0 atom stereocenters. The van der Waals surface area contributed by atoms with E-state index >= 15 is 0 Å². The fourth-order valence-electron chi connectivity index (χ4n) is 4.26. The second-order valence-electron chi connectivity index (χ2n) is 7.40. The lowest BCUT2D eigenvalue weighted by Gasteiger charge is -2.24. The quantitative estimate of drug-likeness (QED) is 0.501. The van der Waals surface area contributed by atoms with E-state index in [-0.39, 0.29) is 5.75 Å². The molecule has 136 valence electrons. The summed E-state index contributed by atoms with van der Waals surface area (Å²) < 4.78 is 2.10.